The summed E-state index contributed by atoms with van der Waals surface area (Å²) in [5.41, 5.74) is 1.75. The zero-order chi connectivity index (χ0) is 33.4. The number of aromatic hydroxyl groups is 1. The van der Waals surface area contributed by atoms with E-state index < -0.39 is 57.0 Å². The number of anilines is 2. The number of benzene rings is 3. The van der Waals surface area contributed by atoms with Crippen molar-refractivity contribution in [1.29, 1.82) is 0 Å². The van der Waals surface area contributed by atoms with Crippen LogP contribution in [0.1, 0.15) is 18.4 Å². The standard InChI is InChI=1S/C35H26BrCl2FN2O6/c1-47-28-16-18(3-15-27(28)42)2-14-26-23-12-13-24-29(31(44)40(30(24)43)21-8-4-19(36)5-9-21)25(23)17-34(37)32(45)41(33(46)35(26,34)38)22-10-6-20(39)7-11-22/h2-12,14-16,24-26,29,42H,13,17H2,1H3/t24-,25+,26-,29-,34+,35-/m0/s1. The number of halogens is 4. The zero-order valence-corrected chi connectivity index (χ0v) is 27.8. The van der Waals surface area contributed by atoms with Gasteiger partial charge in [0, 0.05) is 10.4 Å². The smallest absolute Gasteiger partial charge is 0.258 e. The Bertz CT molecular complexity index is 1920. The molecule has 4 amide bonds. The largest absolute Gasteiger partial charge is 0.504 e. The molecule has 1 saturated carbocycles. The Labute approximate surface area is 287 Å². The topological polar surface area (TPSA) is 104 Å². The third-order valence-corrected chi connectivity index (χ3v) is 11.7. The highest BCUT2D eigenvalue weighted by molar-refractivity contribution is 9.10. The van der Waals surface area contributed by atoms with Crippen molar-refractivity contribution >= 4 is 80.2 Å². The number of hydrogen-bond acceptors (Lipinski definition) is 6. The van der Waals surface area contributed by atoms with E-state index in [-0.39, 0.29) is 35.9 Å². The Balaban J connectivity index is 1.36. The molecule has 3 aromatic rings. The minimum absolute atomic E-state index is 0.0664. The lowest BCUT2D eigenvalue weighted by Crippen LogP contribution is -2.60. The molecule has 240 valence electrons. The van der Waals surface area contributed by atoms with Gasteiger partial charge < -0.3 is 9.84 Å². The summed E-state index contributed by atoms with van der Waals surface area (Å²) in [6.45, 7) is 0. The second kappa shape index (κ2) is 11.3. The Kier molecular flexibility index (Phi) is 7.61. The molecule has 2 saturated heterocycles. The van der Waals surface area contributed by atoms with E-state index in [2.05, 4.69) is 15.9 Å². The number of imide groups is 2. The molecular weight excluding hydrogens is 714 g/mol. The van der Waals surface area contributed by atoms with Gasteiger partial charge in [0.15, 0.2) is 21.2 Å². The van der Waals surface area contributed by atoms with Gasteiger partial charge in [-0.3, -0.25) is 24.1 Å². The predicted molar refractivity (Wildman–Crippen MR) is 178 cm³/mol. The van der Waals surface area contributed by atoms with Crippen molar-refractivity contribution in [2.45, 2.75) is 22.6 Å². The second-order valence-electron chi connectivity index (χ2n) is 12.1. The van der Waals surface area contributed by atoms with Gasteiger partial charge in [0.25, 0.3) is 11.8 Å². The van der Waals surface area contributed by atoms with Crippen LogP contribution in [0.4, 0.5) is 15.8 Å². The maximum atomic E-state index is 14.4. The highest BCUT2D eigenvalue weighted by Gasteiger charge is 2.76. The first-order chi connectivity index (χ1) is 22.4. The molecule has 47 heavy (non-hydrogen) atoms. The minimum atomic E-state index is -2.04. The van der Waals surface area contributed by atoms with E-state index in [1.165, 1.54) is 30.2 Å². The van der Waals surface area contributed by atoms with Gasteiger partial charge in [-0.1, -0.05) is 45.8 Å². The molecule has 0 radical (unpaired) electrons. The summed E-state index contributed by atoms with van der Waals surface area (Å²) in [7, 11) is 1.41. The molecule has 3 fully saturated rings. The highest BCUT2D eigenvalue weighted by Crippen LogP contribution is 2.63. The molecule has 0 aromatic heterocycles. The second-order valence-corrected chi connectivity index (χ2v) is 14.2. The Hall–Kier alpha value is -3.99. The van der Waals surface area contributed by atoms with Crippen LogP contribution in [0.3, 0.4) is 0 Å². The number of carbonyl (C=O) groups is 4. The summed E-state index contributed by atoms with van der Waals surface area (Å²) >= 11 is 18.1. The first-order valence-corrected chi connectivity index (χ1v) is 16.4. The van der Waals surface area contributed by atoms with Crippen LogP contribution in [0.25, 0.3) is 6.08 Å². The van der Waals surface area contributed by atoms with E-state index in [4.69, 9.17) is 27.9 Å². The van der Waals surface area contributed by atoms with Crippen LogP contribution in [-0.2, 0) is 19.2 Å². The van der Waals surface area contributed by atoms with E-state index in [9.17, 15) is 28.7 Å². The lowest BCUT2D eigenvalue weighted by Gasteiger charge is -2.49. The first kappa shape index (κ1) is 31.6. The highest BCUT2D eigenvalue weighted by atomic mass is 79.9. The molecule has 0 bridgehead atoms. The van der Waals surface area contributed by atoms with Crippen LogP contribution in [0, 0.1) is 29.5 Å². The van der Waals surface area contributed by atoms with E-state index >= 15 is 0 Å². The maximum Gasteiger partial charge on any atom is 0.258 e. The Morgan fingerprint density at radius 2 is 1.57 bits per heavy atom. The van der Waals surface area contributed by atoms with Crippen molar-refractivity contribution in [2.24, 2.45) is 23.7 Å². The lowest BCUT2D eigenvalue weighted by molar-refractivity contribution is -0.125. The number of ether oxygens (including phenoxy) is 1. The van der Waals surface area contributed by atoms with Gasteiger partial charge in [0.2, 0.25) is 11.8 Å². The van der Waals surface area contributed by atoms with Crippen LogP contribution >= 0.6 is 39.1 Å². The molecule has 0 spiro atoms. The number of amides is 4. The molecule has 2 heterocycles. The van der Waals surface area contributed by atoms with Gasteiger partial charge in [0.1, 0.15) is 5.82 Å². The molecule has 2 aliphatic carbocycles. The third-order valence-electron chi connectivity index (χ3n) is 9.72. The fraction of sp³-hybridized carbons (Fsp3) is 0.257. The Morgan fingerprint density at radius 3 is 2.26 bits per heavy atom. The fourth-order valence-electron chi connectivity index (χ4n) is 7.50. The molecule has 4 aliphatic rings. The summed E-state index contributed by atoms with van der Waals surface area (Å²) in [4.78, 5) is 54.5. The van der Waals surface area contributed by atoms with Crippen LogP contribution in [0.15, 0.2) is 88.9 Å². The molecule has 7 rings (SSSR count). The number of phenolic OH excluding ortho intramolecular Hbond substituents is 1. The van der Waals surface area contributed by atoms with Crippen molar-refractivity contribution in [3.8, 4) is 11.5 Å². The van der Waals surface area contributed by atoms with E-state index in [0.717, 1.165) is 21.5 Å². The van der Waals surface area contributed by atoms with Gasteiger partial charge >= 0.3 is 0 Å². The van der Waals surface area contributed by atoms with Crippen LogP contribution in [0.5, 0.6) is 11.5 Å². The Morgan fingerprint density at radius 1 is 0.915 bits per heavy atom. The van der Waals surface area contributed by atoms with Crippen LogP contribution in [0.2, 0.25) is 0 Å². The van der Waals surface area contributed by atoms with Gasteiger partial charge in [-0.15, -0.1) is 23.2 Å². The van der Waals surface area contributed by atoms with Gasteiger partial charge in [-0.25, -0.2) is 9.29 Å². The van der Waals surface area contributed by atoms with Crippen molar-refractivity contribution in [2.75, 3.05) is 16.9 Å². The van der Waals surface area contributed by atoms with Crippen molar-refractivity contribution in [1.82, 2.24) is 0 Å². The van der Waals surface area contributed by atoms with Crippen molar-refractivity contribution < 1.29 is 33.4 Å². The van der Waals surface area contributed by atoms with Gasteiger partial charge in [-0.05, 0) is 85.0 Å². The minimum Gasteiger partial charge on any atom is -0.504 e. The number of alkyl halides is 2. The molecule has 2 aliphatic heterocycles. The number of carbonyl (C=O) groups excluding carboxylic acids is 4. The number of hydrogen-bond donors (Lipinski definition) is 1. The van der Waals surface area contributed by atoms with E-state index in [1.54, 1.807) is 48.6 Å². The SMILES string of the molecule is COc1cc(C=C[C@H]2C3=CC[C@@H]4C(=O)N(c5ccc(Br)cc5)C(=O)[C@@H]4[C@@H]3C[C@@]3(Cl)C(=O)N(c4ccc(F)cc4)C(=O)[C@@]23Cl)ccc1O. The average molecular weight is 740 g/mol. The summed E-state index contributed by atoms with van der Waals surface area (Å²) in [6.07, 6.45) is 5.22. The molecule has 12 heteroatoms. The fourth-order valence-corrected chi connectivity index (χ4v) is 8.65. The number of methoxy groups -OCH3 is 1. The molecule has 1 N–H and O–H groups in total. The number of rotatable bonds is 5. The first-order valence-electron chi connectivity index (χ1n) is 14.8. The summed E-state index contributed by atoms with van der Waals surface area (Å²) in [6, 6.07) is 16.4. The maximum absolute atomic E-state index is 14.4. The summed E-state index contributed by atoms with van der Waals surface area (Å²) in [5.74, 6) is -6.00. The zero-order valence-electron chi connectivity index (χ0n) is 24.7. The van der Waals surface area contributed by atoms with E-state index in [0.29, 0.717) is 16.8 Å². The number of nitrogens with zero attached hydrogens (tertiary/aromatic N) is 2. The molecule has 0 unspecified atom stereocenters. The monoisotopic (exact) mass is 738 g/mol. The van der Waals surface area contributed by atoms with Gasteiger partial charge in [0.05, 0.1) is 30.3 Å². The van der Waals surface area contributed by atoms with Gasteiger partial charge in [-0.2, -0.15) is 0 Å². The average Bonchev–Trinajstić information content (AvgIpc) is 3.40. The molecule has 6 atom stereocenters. The van der Waals surface area contributed by atoms with Crippen molar-refractivity contribution in [3.63, 3.8) is 0 Å². The van der Waals surface area contributed by atoms with E-state index in [1.807, 2.05) is 6.08 Å². The number of phenols is 1. The van der Waals surface area contributed by atoms with Crippen molar-refractivity contribution in [3.05, 3.63) is 100 Å². The third kappa shape index (κ3) is 4.59. The lowest BCUT2D eigenvalue weighted by atomic mass is 9.57. The number of fused-ring (bicyclic) bond motifs is 4. The van der Waals surface area contributed by atoms with Crippen LogP contribution < -0.4 is 14.5 Å². The molecular formula is C35H26BrCl2FN2O6. The number of allylic oxidation sites excluding steroid dienone is 3. The summed E-state index contributed by atoms with van der Waals surface area (Å²) in [5, 5.41) is 10.1. The normalized spacial score (nSPS) is 30.0. The van der Waals surface area contributed by atoms with Crippen LogP contribution in [-0.4, -0.2) is 45.6 Å². The molecule has 8 nitrogen and oxygen atoms in total. The quantitative estimate of drug-likeness (QED) is 0.179. The predicted octanol–water partition coefficient (Wildman–Crippen LogP) is 6.62. The molecule has 3 aromatic carbocycles. The summed E-state index contributed by atoms with van der Waals surface area (Å²) < 4.78 is 19.9.